The van der Waals surface area contributed by atoms with Crippen LogP contribution in [-0.4, -0.2) is 43.6 Å². The smallest absolute Gasteiger partial charge is 0.219 e. The molecule has 1 aromatic rings. The largest absolute Gasteiger partial charge is 0.504 e. The van der Waals surface area contributed by atoms with Gasteiger partial charge < -0.3 is 14.6 Å². The molecule has 5 nitrogen and oxygen atoms in total. The Morgan fingerprint density at radius 1 is 1.32 bits per heavy atom. The molecule has 1 spiro atoms. The molecule has 25 heavy (non-hydrogen) atoms. The Balaban J connectivity index is 2.01. The predicted molar refractivity (Wildman–Crippen MR) is 93.9 cm³/mol. The Morgan fingerprint density at radius 3 is 2.84 bits per heavy atom. The molecule has 0 aromatic heterocycles. The van der Waals surface area contributed by atoms with Gasteiger partial charge in [-0.3, -0.25) is 9.69 Å². The van der Waals surface area contributed by atoms with E-state index < -0.39 is 5.41 Å². The minimum atomic E-state index is -0.531. The number of phenols is 1. The standard InChI is InChI=1S/C20H23NO4/c1-21-9-6-12-10-15(24-2)19(23)18-17(12)13(21)4-7-20(18)8-5-14(22)16(11-20)25-3/h5,8,10-11,13,23H,4,6-7,9H2,1-3H3. The average Bonchev–Trinajstić information content (AvgIpc) is 2.62. The first-order chi connectivity index (χ1) is 12.0. The van der Waals surface area contributed by atoms with E-state index in [1.165, 1.54) is 18.2 Å². The van der Waals surface area contributed by atoms with Gasteiger partial charge in [-0.05, 0) is 55.7 Å². The molecular weight excluding hydrogens is 318 g/mol. The van der Waals surface area contributed by atoms with E-state index in [0.717, 1.165) is 31.4 Å². The molecule has 0 fully saturated rings. The number of hydrogen-bond acceptors (Lipinski definition) is 5. The Hall–Kier alpha value is -2.27. The summed E-state index contributed by atoms with van der Waals surface area (Å²) in [6, 6.07) is 2.25. The van der Waals surface area contributed by atoms with Gasteiger partial charge in [0.25, 0.3) is 0 Å². The number of fused-ring (bicyclic) bond motifs is 1. The summed E-state index contributed by atoms with van der Waals surface area (Å²) in [5.41, 5.74) is 2.74. The summed E-state index contributed by atoms with van der Waals surface area (Å²) < 4.78 is 10.7. The van der Waals surface area contributed by atoms with Gasteiger partial charge in [0.15, 0.2) is 17.3 Å². The molecule has 0 saturated carbocycles. The minimum Gasteiger partial charge on any atom is -0.504 e. The van der Waals surface area contributed by atoms with Crippen molar-refractivity contribution >= 4 is 5.78 Å². The number of rotatable bonds is 2. The van der Waals surface area contributed by atoms with Crippen molar-refractivity contribution in [3.05, 3.63) is 46.7 Å². The fraction of sp³-hybridized carbons (Fsp3) is 0.450. The molecule has 5 heteroatoms. The Bertz CT molecular complexity index is 810. The second-order valence-corrected chi connectivity index (χ2v) is 7.11. The van der Waals surface area contributed by atoms with Crippen LogP contribution in [0, 0.1) is 0 Å². The number of allylic oxidation sites excluding steroid dienone is 3. The number of carbonyl (C=O) groups is 1. The van der Waals surface area contributed by atoms with E-state index in [1.807, 2.05) is 18.2 Å². The zero-order chi connectivity index (χ0) is 17.8. The fourth-order valence-corrected chi connectivity index (χ4v) is 4.60. The number of aromatic hydroxyl groups is 1. The molecule has 132 valence electrons. The summed E-state index contributed by atoms with van der Waals surface area (Å²) >= 11 is 0. The highest BCUT2D eigenvalue weighted by molar-refractivity contribution is 6.04. The second-order valence-electron chi connectivity index (χ2n) is 7.11. The lowest BCUT2D eigenvalue weighted by Gasteiger charge is -2.46. The van der Waals surface area contributed by atoms with Crippen LogP contribution < -0.4 is 4.74 Å². The van der Waals surface area contributed by atoms with Crippen molar-refractivity contribution < 1.29 is 19.4 Å². The van der Waals surface area contributed by atoms with Gasteiger partial charge in [0.2, 0.25) is 5.78 Å². The molecule has 4 rings (SSSR count). The molecule has 2 unspecified atom stereocenters. The average molecular weight is 341 g/mol. The first kappa shape index (κ1) is 16.2. The predicted octanol–water partition coefficient (Wildman–Crippen LogP) is 2.63. The van der Waals surface area contributed by atoms with Crippen LogP contribution in [0.25, 0.3) is 0 Å². The Kier molecular flexibility index (Phi) is 3.65. The summed E-state index contributed by atoms with van der Waals surface area (Å²) in [5, 5.41) is 11.0. The molecule has 0 bridgehead atoms. The van der Waals surface area contributed by atoms with Crippen molar-refractivity contribution in [3.63, 3.8) is 0 Å². The number of likely N-dealkylation sites (N-methyl/N-ethyl adjacent to an activating group) is 1. The normalized spacial score (nSPS) is 27.9. The van der Waals surface area contributed by atoms with E-state index in [-0.39, 0.29) is 17.6 Å². The van der Waals surface area contributed by atoms with Crippen molar-refractivity contribution in [1.29, 1.82) is 0 Å². The highest BCUT2D eigenvalue weighted by atomic mass is 16.5. The van der Waals surface area contributed by atoms with E-state index >= 15 is 0 Å². The van der Waals surface area contributed by atoms with E-state index in [4.69, 9.17) is 9.47 Å². The molecule has 1 aromatic carbocycles. The van der Waals surface area contributed by atoms with Crippen LogP contribution in [0.3, 0.4) is 0 Å². The molecule has 2 atom stereocenters. The van der Waals surface area contributed by atoms with Crippen LogP contribution in [0.5, 0.6) is 11.5 Å². The first-order valence-corrected chi connectivity index (χ1v) is 8.64. The molecule has 0 radical (unpaired) electrons. The van der Waals surface area contributed by atoms with Gasteiger partial charge in [0.05, 0.1) is 14.2 Å². The van der Waals surface area contributed by atoms with Crippen LogP contribution >= 0.6 is 0 Å². The quantitative estimate of drug-likeness (QED) is 0.896. The number of ketones is 1. The van der Waals surface area contributed by atoms with Crippen LogP contribution in [0.15, 0.2) is 30.1 Å². The molecule has 0 amide bonds. The molecule has 1 N–H and O–H groups in total. The zero-order valence-corrected chi connectivity index (χ0v) is 14.8. The van der Waals surface area contributed by atoms with Gasteiger partial charge in [-0.2, -0.15) is 0 Å². The third kappa shape index (κ3) is 2.22. The van der Waals surface area contributed by atoms with Crippen LogP contribution in [0.1, 0.15) is 35.6 Å². The van der Waals surface area contributed by atoms with E-state index in [1.54, 1.807) is 13.2 Å². The number of ether oxygens (including phenoxy) is 2. The van der Waals surface area contributed by atoms with Gasteiger partial charge >= 0.3 is 0 Å². The Morgan fingerprint density at radius 2 is 2.12 bits per heavy atom. The fourth-order valence-electron chi connectivity index (χ4n) is 4.60. The summed E-state index contributed by atoms with van der Waals surface area (Å²) in [6.07, 6.45) is 8.05. The van der Waals surface area contributed by atoms with E-state index in [9.17, 15) is 9.90 Å². The molecular formula is C20H23NO4. The van der Waals surface area contributed by atoms with Gasteiger partial charge in [0, 0.05) is 23.6 Å². The van der Waals surface area contributed by atoms with E-state index in [2.05, 4.69) is 11.9 Å². The number of phenolic OH excluding ortho intramolecular Hbond substituents is 1. The topological polar surface area (TPSA) is 59.0 Å². The molecule has 2 aliphatic carbocycles. The summed E-state index contributed by atoms with van der Waals surface area (Å²) in [7, 11) is 5.22. The third-order valence-electron chi connectivity index (χ3n) is 5.89. The molecule has 3 aliphatic rings. The third-order valence-corrected chi connectivity index (χ3v) is 5.89. The number of carbonyl (C=O) groups excluding carboxylic acids is 1. The van der Waals surface area contributed by atoms with Gasteiger partial charge in [-0.1, -0.05) is 6.08 Å². The van der Waals surface area contributed by atoms with Crippen molar-refractivity contribution in [2.45, 2.75) is 30.7 Å². The second kappa shape index (κ2) is 5.63. The SMILES string of the molecule is COC1=CC2(C=CC1=O)CCC1c3c(cc(OC)c(O)c32)CCN1C. The van der Waals surface area contributed by atoms with Crippen LogP contribution in [0.2, 0.25) is 0 Å². The Labute approximate surface area is 147 Å². The van der Waals surface area contributed by atoms with Crippen molar-refractivity contribution in [3.8, 4) is 11.5 Å². The summed E-state index contributed by atoms with van der Waals surface area (Å²) in [4.78, 5) is 14.4. The van der Waals surface area contributed by atoms with Gasteiger partial charge in [-0.15, -0.1) is 0 Å². The molecule has 0 saturated heterocycles. The van der Waals surface area contributed by atoms with Crippen molar-refractivity contribution in [2.24, 2.45) is 0 Å². The molecule has 1 aliphatic heterocycles. The van der Waals surface area contributed by atoms with Crippen LogP contribution in [0.4, 0.5) is 0 Å². The van der Waals surface area contributed by atoms with Crippen molar-refractivity contribution in [2.75, 3.05) is 27.8 Å². The minimum absolute atomic E-state index is 0.136. The maximum Gasteiger partial charge on any atom is 0.219 e. The zero-order valence-electron chi connectivity index (χ0n) is 14.8. The summed E-state index contributed by atoms with van der Waals surface area (Å²) in [5.74, 6) is 0.868. The number of benzene rings is 1. The number of nitrogens with zero attached hydrogens (tertiary/aromatic N) is 1. The lowest BCUT2D eigenvalue weighted by atomic mass is 9.64. The van der Waals surface area contributed by atoms with Gasteiger partial charge in [-0.25, -0.2) is 0 Å². The number of hydrogen-bond donors (Lipinski definition) is 1. The maximum atomic E-state index is 12.0. The van der Waals surface area contributed by atoms with Crippen LogP contribution in [-0.2, 0) is 21.4 Å². The maximum absolute atomic E-state index is 12.0. The highest BCUT2D eigenvalue weighted by Gasteiger charge is 2.45. The summed E-state index contributed by atoms with van der Waals surface area (Å²) in [6.45, 7) is 0.992. The molecule has 1 heterocycles. The lowest BCUT2D eigenvalue weighted by molar-refractivity contribution is -0.114. The van der Waals surface area contributed by atoms with Crippen molar-refractivity contribution in [1.82, 2.24) is 4.90 Å². The number of methoxy groups -OCH3 is 2. The van der Waals surface area contributed by atoms with E-state index in [0.29, 0.717) is 11.5 Å². The monoisotopic (exact) mass is 341 g/mol. The lowest BCUT2D eigenvalue weighted by Crippen LogP contribution is -2.41. The highest BCUT2D eigenvalue weighted by Crippen LogP contribution is 2.55. The van der Waals surface area contributed by atoms with Gasteiger partial charge in [0.1, 0.15) is 0 Å². The first-order valence-electron chi connectivity index (χ1n) is 8.64.